The van der Waals surface area contributed by atoms with Crippen LogP contribution in [0.4, 0.5) is 5.95 Å². The number of para-hydroxylation sites is 2. The monoisotopic (exact) mass is 420 g/mol. The number of imidazole rings is 1. The largest absolute Gasteiger partial charge is 0.494 e. The molecule has 1 N–H and O–H groups in total. The smallest absolute Gasteiger partial charge is 0.229 e. The first-order chi connectivity index (χ1) is 15.2. The standard InChI is InChI=1S/C24H28N4O3/c1-2-30-19-8-9-22-17(15-19)14-18(16-31-22)23(29)27-10-5-11-28(13-12-27)24-25-20-6-3-4-7-21(20)26-24/h3-4,6-9,15,18H,2,5,10-14,16H2,1H3,(H,25,26). The first-order valence-corrected chi connectivity index (χ1v) is 11.1. The SMILES string of the molecule is CCOc1ccc2c(c1)CC(C(=O)N1CCCN(c3nc4ccccc4[nH]3)CC1)CO2. The summed E-state index contributed by atoms with van der Waals surface area (Å²) in [5.74, 6) is 2.60. The minimum absolute atomic E-state index is 0.151. The Balaban J connectivity index is 1.25. The second-order valence-corrected chi connectivity index (χ2v) is 8.16. The van der Waals surface area contributed by atoms with Gasteiger partial charge >= 0.3 is 0 Å². The number of ether oxygens (including phenoxy) is 2. The molecule has 3 heterocycles. The van der Waals surface area contributed by atoms with E-state index in [0.717, 1.165) is 60.1 Å². The molecule has 7 nitrogen and oxygen atoms in total. The number of rotatable bonds is 4. The average Bonchev–Trinajstić information content (AvgIpc) is 3.08. The van der Waals surface area contributed by atoms with Gasteiger partial charge in [-0.1, -0.05) is 12.1 Å². The van der Waals surface area contributed by atoms with Gasteiger partial charge in [0, 0.05) is 26.2 Å². The average molecular weight is 421 g/mol. The Morgan fingerprint density at radius 2 is 2.10 bits per heavy atom. The van der Waals surface area contributed by atoms with Crippen LogP contribution in [-0.4, -0.2) is 60.2 Å². The van der Waals surface area contributed by atoms with E-state index < -0.39 is 0 Å². The van der Waals surface area contributed by atoms with Gasteiger partial charge in [0.25, 0.3) is 0 Å². The molecule has 1 atom stereocenters. The number of aromatic amines is 1. The van der Waals surface area contributed by atoms with Crippen molar-refractivity contribution < 1.29 is 14.3 Å². The van der Waals surface area contributed by atoms with Crippen LogP contribution in [0.15, 0.2) is 42.5 Å². The molecule has 2 aliphatic heterocycles. The molecule has 0 bridgehead atoms. The molecule has 0 aliphatic carbocycles. The first-order valence-electron chi connectivity index (χ1n) is 11.1. The van der Waals surface area contributed by atoms with Gasteiger partial charge in [0.05, 0.1) is 23.6 Å². The summed E-state index contributed by atoms with van der Waals surface area (Å²) in [4.78, 5) is 25.6. The van der Waals surface area contributed by atoms with Gasteiger partial charge in [0.15, 0.2) is 0 Å². The second kappa shape index (κ2) is 8.49. The van der Waals surface area contributed by atoms with Gasteiger partial charge in [-0.25, -0.2) is 4.98 Å². The number of benzene rings is 2. The number of fused-ring (bicyclic) bond motifs is 2. The van der Waals surface area contributed by atoms with Crippen molar-refractivity contribution in [1.82, 2.24) is 14.9 Å². The van der Waals surface area contributed by atoms with E-state index in [4.69, 9.17) is 14.5 Å². The van der Waals surface area contributed by atoms with Gasteiger partial charge < -0.3 is 24.3 Å². The predicted molar refractivity (Wildman–Crippen MR) is 120 cm³/mol. The first kappa shape index (κ1) is 19.7. The maximum Gasteiger partial charge on any atom is 0.229 e. The number of nitrogens with zero attached hydrogens (tertiary/aromatic N) is 3. The summed E-state index contributed by atoms with van der Waals surface area (Å²) in [6, 6.07) is 13.9. The number of amides is 1. The van der Waals surface area contributed by atoms with Gasteiger partial charge in [-0.05, 0) is 55.7 Å². The van der Waals surface area contributed by atoms with Crippen molar-refractivity contribution in [2.75, 3.05) is 44.3 Å². The third-order valence-corrected chi connectivity index (χ3v) is 6.08. The zero-order valence-corrected chi connectivity index (χ0v) is 17.8. The highest BCUT2D eigenvalue weighted by molar-refractivity contribution is 5.80. The molecule has 0 spiro atoms. The molecule has 5 rings (SSSR count). The topological polar surface area (TPSA) is 70.7 Å². The third-order valence-electron chi connectivity index (χ3n) is 6.08. The molecular formula is C24H28N4O3. The van der Waals surface area contributed by atoms with E-state index in [0.29, 0.717) is 26.2 Å². The molecule has 7 heteroatoms. The summed E-state index contributed by atoms with van der Waals surface area (Å²) in [5.41, 5.74) is 3.06. The Morgan fingerprint density at radius 1 is 1.19 bits per heavy atom. The van der Waals surface area contributed by atoms with Crippen LogP contribution >= 0.6 is 0 Å². The summed E-state index contributed by atoms with van der Waals surface area (Å²) in [6.45, 7) is 6.13. The number of aromatic nitrogens is 2. The normalized spacial score (nSPS) is 18.9. The van der Waals surface area contributed by atoms with Crippen molar-refractivity contribution in [2.45, 2.75) is 19.8 Å². The van der Waals surface area contributed by atoms with E-state index in [2.05, 4.69) is 9.88 Å². The zero-order valence-electron chi connectivity index (χ0n) is 17.8. The lowest BCUT2D eigenvalue weighted by Gasteiger charge is -2.30. The van der Waals surface area contributed by atoms with E-state index in [-0.39, 0.29) is 11.8 Å². The van der Waals surface area contributed by atoms with Crippen molar-refractivity contribution in [3.8, 4) is 11.5 Å². The molecule has 1 amide bonds. The molecule has 162 valence electrons. The van der Waals surface area contributed by atoms with Crippen LogP contribution in [0, 0.1) is 5.92 Å². The highest BCUT2D eigenvalue weighted by Gasteiger charge is 2.31. The summed E-state index contributed by atoms with van der Waals surface area (Å²) in [5, 5.41) is 0. The number of carbonyl (C=O) groups excluding carboxylic acids is 1. The van der Waals surface area contributed by atoms with E-state index in [1.807, 2.05) is 54.3 Å². The number of hydrogen-bond donors (Lipinski definition) is 1. The van der Waals surface area contributed by atoms with E-state index in [1.54, 1.807) is 0 Å². The quantitative estimate of drug-likeness (QED) is 0.702. The molecule has 1 unspecified atom stereocenters. The molecule has 3 aromatic rings. The van der Waals surface area contributed by atoms with Crippen LogP contribution in [0.1, 0.15) is 18.9 Å². The number of carbonyl (C=O) groups is 1. The summed E-state index contributed by atoms with van der Waals surface area (Å²) in [7, 11) is 0. The number of hydrogen-bond acceptors (Lipinski definition) is 5. The van der Waals surface area contributed by atoms with Gasteiger partial charge in [-0.2, -0.15) is 0 Å². The zero-order chi connectivity index (χ0) is 21.2. The lowest BCUT2D eigenvalue weighted by atomic mass is 9.95. The van der Waals surface area contributed by atoms with Crippen molar-refractivity contribution in [2.24, 2.45) is 5.92 Å². The highest BCUT2D eigenvalue weighted by atomic mass is 16.5. The Kier molecular flexibility index (Phi) is 5.40. The van der Waals surface area contributed by atoms with Crippen LogP contribution < -0.4 is 14.4 Å². The van der Waals surface area contributed by atoms with Crippen LogP contribution in [0.5, 0.6) is 11.5 Å². The summed E-state index contributed by atoms with van der Waals surface area (Å²) in [6.07, 6.45) is 1.61. The lowest BCUT2D eigenvalue weighted by molar-refractivity contribution is -0.136. The molecule has 2 aliphatic rings. The van der Waals surface area contributed by atoms with Crippen LogP contribution in [0.2, 0.25) is 0 Å². The number of anilines is 1. The fourth-order valence-corrected chi connectivity index (χ4v) is 4.48. The van der Waals surface area contributed by atoms with Crippen molar-refractivity contribution in [3.05, 3.63) is 48.0 Å². The minimum Gasteiger partial charge on any atom is -0.494 e. The molecule has 1 aromatic heterocycles. The van der Waals surface area contributed by atoms with E-state index in [1.165, 1.54) is 0 Å². The van der Waals surface area contributed by atoms with Gasteiger partial charge in [0.2, 0.25) is 11.9 Å². The molecule has 31 heavy (non-hydrogen) atoms. The predicted octanol–water partition coefficient (Wildman–Crippen LogP) is 3.25. The maximum absolute atomic E-state index is 13.3. The minimum atomic E-state index is -0.151. The lowest BCUT2D eigenvalue weighted by Crippen LogP contribution is -2.42. The van der Waals surface area contributed by atoms with E-state index >= 15 is 0 Å². The Morgan fingerprint density at radius 3 is 2.97 bits per heavy atom. The summed E-state index contributed by atoms with van der Waals surface area (Å²) < 4.78 is 11.5. The van der Waals surface area contributed by atoms with Gasteiger partial charge in [-0.15, -0.1) is 0 Å². The van der Waals surface area contributed by atoms with Crippen molar-refractivity contribution in [1.29, 1.82) is 0 Å². The molecule has 1 fully saturated rings. The maximum atomic E-state index is 13.3. The Bertz CT molecular complexity index is 1050. The van der Waals surface area contributed by atoms with Gasteiger partial charge in [-0.3, -0.25) is 4.79 Å². The molecule has 1 saturated heterocycles. The molecule has 0 radical (unpaired) electrons. The van der Waals surface area contributed by atoms with E-state index in [9.17, 15) is 4.79 Å². The van der Waals surface area contributed by atoms with Gasteiger partial charge in [0.1, 0.15) is 18.1 Å². The number of H-pyrrole nitrogens is 1. The molecule has 2 aromatic carbocycles. The highest BCUT2D eigenvalue weighted by Crippen LogP contribution is 2.31. The van der Waals surface area contributed by atoms with Crippen molar-refractivity contribution in [3.63, 3.8) is 0 Å². The number of nitrogens with one attached hydrogen (secondary N) is 1. The van der Waals surface area contributed by atoms with Crippen LogP contribution in [0.25, 0.3) is 11.0 Å². The third kappa shape index (κ3) is 4.04. The fourth-order valence-electron chi connectivity index (χ4n) is 4.48. The summed E-state index contributed by atoms with van der Waals surface area (Å²) >= 11 is 0. The molecule has 0 saturated carbocycles. The van der Waals surface area contributed by atoms with Crippen LogP contribution in [-0.2, 0) is 11.2 Å². The van der Waals surface area contributed by atoms with Crippen LogP contribution in [0.3, 0.4) is 0 Å². The Labute approximate surface area is 182 Å². The second-order valence-electron chi connectivity index (χ2n) is 8.16. The van der Waals surface area contributed by atoms with Crippen molar-refractivity contribution >= 4 is 22.9 Å². The Hall–Kier alpha value is -3.22. The fraction of sp³-hybridized carbons (Fsp3) is 0.417. The molecular weight excluding hydrogens is 392 g/mol.